The molecule has 1 amide bonds. The molecule has 0 radical (unpaired) electrons. The summed E-state index contributed by atoms with van der Waals surface area (Å²) in [4.78, 5) is 26.4. The number of benzene rings is 2. The Hall–Kier alpha value is -2.73. The van der Waals surface area contributed by atoms with Gasteiger partial charge in [-0.2, -0.15) is 0 Å². The van der Waals surface area contributed by atoms with Crippen LogP contribution >= 0.6 is 0 Å². The third-order valence-corrected chi connectivity index (χ3v) is 6.36. The molecule has 0 saturated carbocycles. The number of primary amides is 1. The molecule has 1 aliphatic heterocycles. The number of carbonyl (C=O) groups excluding carboxylic acids is 2. The molecule has 6 heteroatoms. The lowest BCUT2D eigenvalue weighted by Crippen LogP contribution is -2.38. The largest absolute Gasteiger partial charge is 0.461 e. The van der Waals surface area contributed by atoms with Crippen LogP contribution in [-0.2, 0) is 32.8 Å². The number of ether oxygens (including phenoxy) is 1. The summed E-state index contributed by atoms with van der Waals surface area (Å²) < 4.78 is 20.2. The van der Waals surface area contributed by atoms with Crippen LogP contribution in [0.5, 0.6) is 0 Å². The van der Waals surface area contributed by atoms with E-state index in [1.165, 1.54) is 0 Å². The molecule has 0 aromatic heterocycles. The van der Waals surface area contributed by atoms with Gasteiger partial charge in [-0.25, -0.2) is 4.39 Å². The van der Waals surface area contributed by atoms with Crippen LogP contribution in [0.2, 0.25) is 0 Å². The van der Waals surface area contributed by atoms with Crippen LogP contribution < -0.4 is 5.73 Å². The van der Waals surface area contributed by atoms with E-state index in [4.69, 9.17) is 10.5 Å². The SMILES string of the molecule is CN1CCC(C)(c2ccc(C[C@H](CC(=O)OCc3ccccc3)C(N)=O)c(F)c2)CC1. The summed E-state index contributed by atoms with van der Waals surface area (Å²) in [7, 11) is 2.10. The number of piperidine rings is 1. The van der Waals surface area contributed by atoms with Gasteiger partial charge in [0.25, 0.3) is 0 Å². The molecule has 3 rings (SSSR count). The van der Waals surface area contributed by atoms with Crippen LogP contribution in [-0.4, -0.2) is 36.9 Å². The molecule has 5 nitrogen and oxygen atoms in total. The lowest BCUT2D eigenvalue weighted by Gasteiger charge is -2.38. The number of hydrogen-bond acceptors (Lipinski definition) is 4. The van der Waals surface area contributed by atoms with Crippen molar-refractivity contribution in [2.45, 2.75) is 44.6 Å². The van der Waals surface area contributed by atoms with Gasteiger partial charge in [-0.1, -0.05) is 49.4 Å². The molecule has 0 bridgehead atoms. The molecule has 1 aliphatic rings. The molecule has 2 N–H and O–H groups in total. The fourth-order valence-electron chi connectivity index (χ4n) is 4.03. The maximum atomic E-state index is 14.9. The van der Waals surface area contributed by atoms with Crippen molar-refractivity contribution in [2.75, 3.05) is 20.1 Å². The number of nitrogens with zero attached hydrogens (tertiary/aromatic N) is 1. The second-order valence-corrected chi connectivity index (χ2v) is 8.82. The number of hydrogen-bond donors (Lipinski definition) is 1. The van der Waals surface area contributed by atoms with Gasteiger partial charge in [0.1, 0.15) is 12.4 Å². The lowest BCUT2D eigenvalue weighted by atomic mass is 9.74. The number of amides is 1. The molecule has 2 aromatic carbocycles. The predicted octanol–water partition coefficient (Wildman–Crippen LogP) is 3.59. The van der Waals surface area contributed by atoms with Crippen molar-refractivity contribution in [1.29, 1.82) is 0 Å². The van der Waals surface area contributed by atoms with E-state index in [9.17, 15) is 14.0 Å². The maximum Gasteiger partial charge on any atom is 0.306 e. The van der Waals surface area contributed by atoms with E-state index in [1.807, 2.05) is 36.4 Å². The van der Waals surface area contributed by atoms with Crippen molar-refractivity contribution in [3.8, 4) is 0 Å². The normalized spacial score (nSPS) is 17.1. The Morgan fingerprint density at radius 2 is 1.84 bits per heavy atom. The fourth-order valence-corrected chi connectivity index (χ4v) is 4.03. The topological polar surface area (TPSA) is 72.6 Å². The van der Waals surface area contributed by atoms with E-state index in [2.05, 4.69) is 18.9 Å². The number of carbonyl (C=O) groups is 2. The average Bonchev–Trinajstić information content (AvgIpc) is 2.76. The highest BCUT2D eigenvalue weighted by atomic mass is 19.1. The molecule has 0 spiro atoms. The smallest absolute Gasteiger partial charge is 0.306 e. The Morgan fingerprint density at radius 1 is 1.16 bits per heavy atom. The van der Waals surface area contributed by atoms with Crippen molar-refractivity contribution < 1.29 is 18.7 Å². The standard InChI is InChI=1S/C25H31FN2O3/c1-25(10-12-28(2)13-11-25)21-9-8-19(22(26)16-21)14-20(24(27)30)15-23(29)31-17-18-6-4-3-5-7-18/h3-9,16,20H,10-15,17H2,1-2H3,(H2,27,30)/t20-/m1/s1. The zero-order chi connectivity index (χ0) is 22.4. The van der Waals surface area contributed by atoms with Crippen molar-refractivity contribution in [1.82, 2.24) is 4.90 Å². The summed E-state index contributed by atoms with van der Waals surface area (Å²) in [6.07, 6.45) is 1.84. The van der Waals surface area contributed by atoms with Gasteiger partial charge in [0.2, 0.25) is 5.91 Å². The van der Waals surface area contributed by atoms with E-state index in [-0.39, 0.29) is 30.7 Å². The lowest BCUT2D eigenvalue weighted by molar-refractivity contribution is -0.147. The number of esters is 1. The predicted molar refractivity (Wildman–Crippen MR) is 118 cm³/mol. The van der Waals surface area contributed by atoms with E-state index in [0.29, 0.717) is 5.56 Å². The number of rotatable bonds is 8. The zero-order valence-electron chi connectivity index (χ0n) is 18.3. The molecule has 1 atom stereocenters. The van der Waals surface area contributed by atoms with Gasteiger partial charge < -0.3 is 15.4 Å². The van der Waals surface area contributed by atoms with Crippen LogP contribution in [0.15, 0.2) is 48.5 Å². The Balaban J connectivity index is 1.63. The Morgan fingerprint density at radius 3 is 2.45 bits per heavy atom. The van der Waals surface area contributed by atoms with E-state index < -0.39 is 17.8 Å². The van der Waals surface area contributed by atoms with Crippen LogP contribution in [0.4, 0.5) is 4.39 Å². The summed E-state index contributed by atoms with van der Waals surface area (Å²) in [6.45, 7) is 4.26. The molecule has 1 heterocycles. The van der Waals surface area contributed by atoms with Crippen molar-refractivity contribution >= 4 is 11.9 Å². The molecule has 31 heavy (non-hydrogen) atoms. The first-order valence-electron chi connectivity index (χ1n) is 10.7. The summed E-state index contributed by atoms with van der Waals surface area (Å²) in [5.41, 5.74) is 7.66. The molecular weight excluding hydrogens is 395 g/mol. The molecule has 1 fully saturated rings. The Labute approximate surface area is 183 Å². The minimum absolute atomic E-state index is 0.0593. The first kappa shape index (κ1) is 22.9. The first-order chi connectivity index (χ1) is 14.8. The quantitative estimate of drug-likeness (QED) is 0.655. The van der Waals surface area contributed by atoms with Gasteiger partial charge in [-0.15, -0.1) is 0 Å². The van der Waals surface area contributed by atoms with Crippen LogP contribution in [0.3, 0.4) is 0 Å². The minimum Gasteiger partial charge on any atom is -0.461 e. The van der Waals surface area contributed by atoms with Gasteiger partial charge in [0, 0.05) is 0 Å². The number of halogens is 1. The van der Waals surface area contributed by atoms with Gasteiger partial charge in [0.05, 0.1) is 12.3 Å². The number of likely N-dealkylation sites (tertiary alicyclic amines) is 1. The van der Waals surface area contributed by atoms with Gasteiger partial charge >= 0.3 is 5.97 Å². The van der Waals surface area contributed by atoms with Gasteiger partial charge in [0.15, 0.2) is 0 Å². The van der Waals surface area contributed by atoms with Crippen molar-refractivity contribution in [3.05, 3.63) is 71.0 Å². The molecule has 0 aliphatic carbocycles. The minimum atomic E-state index is -0.817. The van der Waals surface area contributed by atoms with Crippen molar-refractivity contribution in [3.63, 3.8) is 0 Å². The molecular formula is C25H31FN2O3. The van der Waals surface area contributed by atoms with Gasteiger partial charge in [-0.05, 0) is 67.6 Å². The van der Waals surface area contributed by atoms with E-state index >= 15 is 0 Å². The first-order valence-corrected chi connectivity index (χ1v) is 10.7. The fraction of sp³-hybridized carbons (Fsp3) is 0.440. The highest BCUT2D eigenvalue weighted by Gasteiger charge is 2.31. The summed E-state index contributed by atoms with van der Waals surface area (Å²) in [6, 6.07) is 14.5. The van der Waals surface area contributed by atoms with Crippen LogP contribution in [0.25, 0.3) is 0 Å². The molecule has 1 saturated heterocycles. The summed E-state index contributed by atoms with van der Waals surface area (Å²) >= 11 is 0. The second kappa shape index (κ2) is 10.1. The van der Waals surface area contributed by atoms with E-state index in [0.717, 1.165) is 37.1 Å². The maximum absolute atomic E-state index is 14.9. The Bertz CT molecular complexity index is 908. The van der Waals surface area contributed by atoms with E-state index in [1.54, 1.807) is 12.1 Å². The van der Waals surface area contributed by atoms with Crippen molar-refractivity contribution in [2.24, 2.45) is 11.7 Å². The average molecular weight is 427 g/mol. The highest BCUT2D eigenvalue weighted by molar-refractivity contribution is 5.82. The summed E-state index contributed by atoms with van der Waals surface area (Å²) in [5.74, 6) is -2.34. The highest BCUT2D eigenvalue weighted by Crippen LogP contribution is 2.35. The summed E-state index contributed by atoms with van der Waals surface area (Å²) in [5, 5.41) is 0. The monoisotopic (exact) mass is 426 g/mol. The Kier molecular flexibility index (Phi) is 7.44. The molecule has 2 aromatic rings. The second-order valence-electron chi connectivity index (χ2n) is 8.82. The number of nitrogens with two attached hydrogens (primary N) is 1. The van der Waals surface area contributed by atoms with Crippen LogP contribution in [0.1, 0.15) is 42.9 Å². The molecule has 0 unspecified atom stereocenters. The molecule has 166 valence electrons. The third-order valence-electron chi connectivity index (χ3n) is 6.36. The zero-order valence-corrected chi connectivity index (χ0v) is 18.3. The third kappa shape index (κ3) is 6.14. The van der Waals surface area contributed by atoms with Crippen LogP contribution in [0, 0.1) is 11.7 Å². The van der Waals surface area contributed by atoms with Gasteiger partial charge in [-0.3, -0.25) is 9.59 Å².